The first kappa shape index (κ1) is 33.9. The summed E-state index contributed by atoms with van der Waals surface area (Å²) in [5.41, 5.74) is 2.18. The number of piperidine rings is 1. The number of hydrogen-bond donors (Lipinski definition) is 0. The summed E-state index contributed by atoms with van der Waals surface area (Å²) in [4.78, 5) is 20.3. The maximum atomic E-state index is 11.5. The third-order valence-electron chi connectivity index (χ3n) is 6.66. The topological polar surface area (TPSA) is 119 Å². The molecule has 1 aromatic heterocycles. The summed E-state index contributed by atoms with van der Waals surface area (Å²) in [7, 11) is 2.22. The van der Waals surface area contributed by atoms with Crippen molar-refractivity contribution < 1.29 is 44.0 Å². The molecule has 1 radical (unpaired) electrons. The molecular weight excluding hydrogens is 569 g/mol. The monoisotopic (exact) mass is 595 g/mol. The Kier molecular flexibility index (Phi) is 17.2. The summed E-state index contributed by atoms with van der Waals surface area (Å²) in [6.45, 7) is 14.6. The molecule has 2 unspecified atom stereocenters. The molecule has 2 aliphatic rings. The second-order valence-corrected chi connectivity index (χ2v) is 8.82. The summed E-state index contributed by atoms with van der Waals surface area (Å²) in [6, 6.07) is 15.0. The number of benzene rings is 1. The Morgan fingerprint density at radius 2 is 1.75 bits per heavy atom. The molecule has 2 saturated heterocycles. The molecule has 191 valence electrons. The number of nitrogens with zero attached hydrogens (tertiary/aromatic N) is 3. The van der Waals surface area contributed by atoms with Crippen LogP contribution in [-0.4, -0.2) is 53.0 Å². The van der Waals surface area contributed by atoms with Crippen molar-refractivity contribution in [3.63, 3.8) is 0 Å². The third-order valence-corrected chi connectivity index (χ3v) is 6.92. The molecule has 0 aliphatic carbocycles. The summed E-state index contributed by atoms with van der Waals surface area (Å²) in [5, 5.41) is 12.2. The van der Waals surface area contributed by atoms with Crippen molar-refractivity contribution >= 4 is 17.6 Å². The van der Waals surface area contributed by atoms with Crippen LogP contribution in [-0.2, 0) is 45.4 Å². The van der Waals surface area contributed by atoms with Crippen molar-refractivity contribution in [3.8, 4) is 0 Å². The third kappa shape index (κ3) is 9.42. The zero-order valence-corrected chi connectivity index (χ0v) is 22.4. The van der Waals surface area contributed by atoms with Gasteiger partial charge in [-0.1, -0.05) is 29.8 Å². The van der Waals surface area contributed by atoms with Crippen LogP contribution in [0.2, 0.25) is 5.02 Å². The molecule has 36 heavy (non-hydrogen) atoms. The van der Waals surface area contributed by atoms with E-state index < -0.39 is 5.97 Å². The van der Waals surface area contributed by atoms with Crippen LogP contribution >= 0.6 is 11.6 Å². The van der Waals surface area contributed by atoms with Gasteiger partial charge < -0.3 is 14.8 Å². The Hall–Kier alpha value is -2.08. The molecule has 2 aliphatic heterocycles. The Morgan fingerprint density at radius 1 is 1.11 bits per heavy atom. The van der Waals surface area contributed by atoms with Crippen molar-refractivity contribution in [2.75, 3.05) is 20.1 Å². The first-order valence-electron chi connectivity index (χ1n) is 10.9. The van der Waals surface area contributed by atoms with Crippen molar-refractivity contribution in [1.29, 1.82) is 0 Å². The number of fused-ring (bicyclic) bond motifs is 2. The number of carbonyl (C=O) groups is 1. The second kappa shape index (κ2) is 18.2. The summed E-state index contributed by atoms with van der Waals surface area (Å²) >= 11 is 6.12. The van der Waals surface area contributed by atoms with Crippen LogP contribution in [0.25, 0.3) is 0 Å². The summed E-state index contributed by atoms with van der Waals surface area (Å²) in [5.74, 6) is -0.297. The second-order valence-electron chi connectivity index (χ2n) is 8.38. The first-order chi connectivity index (χ1) is 17.0. The average molecular weight is 596 g/mol. The van der Waals surface area contributed by atoms with Gasteiger partial charge in [0.25, 0.3) is 0 Å². The molecule has 2 fully saturated rings. The van der Waals surface area contributed by atoms with E-state index in [0.29, 0.717) is 37.0 Å². The molecule has 1 aromatic carbocycles. The van der Waals surface area contributed by atoms with Crippen molar-refractivity contribution in [3.05, 3.63) is 84.9 Å². The van der Waals surface area contributed by atoms with E-state index in [1.165, 1.54) is 18.4 Å². The number of carbonyl (C=O) groups excluding carboxylic acids is 1. The van der Waals surface area contributed by atoms with Gasteiger partial charge in [-0.2, -0.15) is 0 Å². The van der Waals surface area contributed by atoms with E-state index in [0.717, 1.165) is 17.1 Å². The van der Waals surface area contributed by atoms with Crippen LogP contribution < -0.4 is 5.11 Å². The molecule has 8 nitrogen and oxygen atoms in total. The maximum absolute atomic E-state index is 11.5. The van der Waals surface area contributed by atoms with Gasteiger partial charge in [-0.25, -0.2) is 0 Å². The van der Waals surface area contributed by atoms with Gasteiger partial charge >= 0.3 is 33.9 Å². The normalized spacial score (nSPS) is 21.7. The van der Waals surface area contributed by atoms with Gasteiger partial charge in [-0.3, -0.25) is 9.88 Å². The Labute approximate surface area is 230 Å². The van der Waals surface area contributed by atoms with Gasteiger partial charge in [-0.05, 0) is 68.0 Å². The van der Waals surface area contributed by atoms with Gasteiger partial charge in [0.05, 0.1) is 11.7 Å². The number of hydrogen-bond acceptors (Lipinski definition) is 5. The Morgan fingerprint density at radius 3 is 2.31 bits per heavy atom. The van der Waals surface area contributed by atoms with Gasteiger partial charge in [0.15, 0.2) is 0 Å². The van der Waals surface area contributed by atoms with E-state index in [9.17, 15) is 9.90 Å². The predicted molar refractivity (Wildman–Crippen MR) is 123 cm³/mol. The van der Waals surface area contributed by atoms with Crippen molar-refractivity contribution in [2.45, 2.75) is 43.8 Å². The van der Waals surface area contributed by atoms with E-state index in [-0.39, 0.29) is 26.7 Å². The van der Waals surface area contributed by atoms with Gasteiger partial charge in [0.1, 0.15) is 0 Å². The average Bonchev–Trinajstić information content (AvgIpc) is 3.13. The fraction of sp³-hybridized carbons (Fsp3) is 0.423. The van der Waals surface area contributed by atoms with Crippen molar-refractivity contribution in [1.82, 2.24) is 14.8 Å². The molecule has 3 heterocycles. The summed E-state index contributed by atoms with van der Waals surface area (Å²) < 4.78 is 22.5. The van der Waals surface area contributed by atoms with E-state index in [1.807, 2.05) is 35.2 Å². The zero-order chi connectivity index (χ0) is 26.4. The number of rotatable bonds is 7. The molecule has 4 rings (SSSR count). The minimum atomic E-state index is -1.04. The van der Waals surface area contributed by atoms with E-state index in [4.69, 9.17) is 25.6 Å². The first-order valence-corrected chi connectivity index (χ1v) is 11.3. The molecule has 0 amide bonds. The van der Waals surface area contributed by atoms with E-state index >= 15 is 0 Å². The molecule has 2 aromatic rings. The number of pyridine rings is 1. The van der Waals surface area contributed by atoms with Crippen LogP contribution in [0.5, 0.6) is 0 Å². The zero-order valence-electron chi connectivity index (χ0n) is 19.8. The molecule has 0 N–H and O–H groups in total. The predicted octanol–water partition coefficient (Wildman–Crippen LogP) is 2.44. The number of aromatic nitrogens is 1. The standard InChI is InChI=1S/C23H28ClN3O2.3CO.Tc/c1-26-19-9-10-22(26)21(20(12-19)16-5-7-17(24)8-6-16)14-27(15-23(28)29)13-18-4-2-3-11-25-18;3*1-2;/h2-8,11,19-22H,9-10,12-15H2,1H3,(H,28,29);;;;/p-1/t19?,20-,21+,22?;;;;/m1..../s1/i;;;;1+1. The van der Waals surface area contributed by atoms with Crippen LogP contribution in [0.15, 0.2) is 48.7 Å². The Balaban J connectivity index is 0.00000163. The van der Waals surface area contributed by atoms with Crippen LogP contribution in [0.3, 0.4) is 0 Å². The summed E-state index contributed by atoms with van der Waals surface area (Å²) in [6.07, 6.45) is 5.22. The molecular formula is C26H27ClN3O5Tc-. The number of carboxylic acids is 1. The van der Waals surface area contributed by atoms with E-state index in [1.54, 1.807) is 6.20 Å². The molecule has 2 bridgehead atoms. The van der Waals surface area contributed by atoms with Gasteiger partial charge in [-0.15, -0.1) is 0 Å². The quantitative estimate of drug-likeness (QED) is 0.360. The molecule has 10 heteroatoms. The van der Waals surface area contributed by atoms with Crippen molar-refractivity contribution in [2.24, 2.45) is 5.92 Å². The number of halogens is 1. The van der Waals surface area contributed by atoms with Crippen LogP contribution in [0.1, 0.15) is 36.4 Å². The number of carboxylic acid groups (broad SMARTS) is 1. The van der Waals surface area contributed by atoms with Gasteiger partial charge in [0.2, 0.25) is 0 Å². The fourth-order valence-electron chi connectivity index (χ4n) is 5.31. The Bertz CT molecular complexity index is 957. The molecule has 0 saturated carbocycles. The van der Waals surface area contributed by atoms with E-state index in [2.05, 4.69) is 49.0 Å². The van der Waals surface area contributed by atoms with Gasteiger partial charge in [0, 0.05) is 63.0 Å². The SMILES string of the molecule is CN1C2CCC1[C@@H](CN(CC(=O)[O-])Cc1ccccn1)[C@@H](c1ccc(Cl)cc1)C2.[99Tc].[C-]#[O+].[C-]#[O+].[C-]#[O+]. The number of aliphatic carboxylic acids is 1. The molecule has 4 atom stereocenters. The minimum absolute atomic E-state index is 0. The molecule has 0 spiro atoms. The van der Waals surface area contributed by atoms with Crippen LogP contribution in [0.4, 0.5) is 0 Å². The fourth-order valence-corrected chi connectivity index (χ4v) is 5.43. The van der Waals surface area contributed by atoms with Crippen LogP contribution in [0, 0.1) is 25.9 Å².